The van der Waals surface area contributed by atoms with Gasteiger partial charge in [-0.1, -0.05) is 12.1 Å². The second kappa shape index (κ2) is 8.39. The summed E-state index contributed by atoms with van der Waals surface area (Å²) in [6, 6.07) is 15.7. The molecule has 3 aromatic rings. The number of rotatable bonds is 5. The third-order valence-corrected chi connectivity index (χ3v) is 5.33. The Labute approximate surface area is 170 Å². The highest BCUT2D eigenvalue weighted by molar-refractivity contribution is 5.67. The molecule has 29 heavy (non-hydrogen) atoms. The molecule has 0 atom stereocenters. The Kier molecular flexibility index (Phi) is 5.51. The van der Waals surface area contributed by atoms with Crippen LogP contribution in [-0.4, -0.2) is 30.2 Å². The van der Waals surface area contributed by atoms with Crippen LogP contribution < -0.4 is 20.5 Å². The molecule has 1 fully saturated rings. The summed E-state index contributed by atoms with van der Waals surface area (Å²) < 4.78 is 5.18. The lowest BCUT2D eigenvalue weighted by atomic mass is 10.1. The van der Waals surface area contributed by atoms with Crippen LogP contribution in [-0.2, 0) is 0 Å². The van der Waals surface area contributed by atoms with E-state index in [1.165, 1.54) is 24.9 Å². The molecule has 4 rings (SSSR count). The van der Waals surface area contributed by atoms with Crippen molar-refractivity contribution in [3.05, 3.63) is 64.6 Å². The third kappa shape index (κ3) is 4.26. The van der Waals surface area contributed by atoms with E-state index < -0.39 is 0 Å². The summed E-state index contributed by atoms with van der Waals surface area (Å²) in [5.74, 6) is 1.19. The average Bonchev–Trinajstić information content (AvgIpc) is 2.75. The van der Waals surface area contributed by atoms with Crippen LogP contribution in [0.15, 0.2) is 53.3 Å². The Bertz CT molecular complexity index is 1020. The normalized spacial score (nSPS) is 13.9. The Hall–Kier alpha value is -3.28. The molecule has 2 N–H and O–H groups in total. The molecular formula is C23H26N4O2. The van der Waals surface area contributed by atoms with Gasteiger partial charge in [0.15, 0.2) is 0 Å². The number of aromatic nitrogens is 2. The van der Waals surface area contributed by atoms with Gasteiger partial charge >= 0.3 is 0 Å². The molecular weight excluding hydrogens is 364 g/mol. The van der Waals surface area contributed by atoms with Gasteiger partial charge in [-0.3, -0.25) is 9.78 Å². The van der Waals surface area contributed by atoms with Crippen molar-refractivity contribution < 1.29 is 4.74 Å². The van der Waals surface area contributed by atoms with Gasteiger partial charge in [-0.05, 0) is 68.1 Å². The Morgan fingerprint density at radius 1 is 1.00 bits per heavy atom. The Morgan fingerprint density at radius 2 is 1.69 bits per heavy atom. The molecule has 2 aromatic carbocycles. The van der Waals surface area contributed by atoms with Crippen molar-refractivity contribution in [2.45, 2.75) is 26.2 Å². The van der Waals surface area contributed by atoms with E-state index in [1.807, 2.05) is 43.3 Å². The highest BCUT2D eigenvalue weighted by Gasteiger charge is 2.12. The van der Waals surface area contributed by atoms with Crippen molar-refractivity contribution in [2.24, 2.45) is 0 Å². The highest BCUT2D eigenvalue weighted by Crippen LogP contribution is 2.24. The van der Waals surface area contributed by atoms with Gasteiger partial charge in [-0.2, -0.15) is 0 Å². The van der Waals surface area contributed by atoms with E-state index in [2.05, 4.69) is 32.3 Å². The van der Waals surface area contributed by atoms with E-state index in [4.69, 9.17) is 4.74 Å². The zero-order valence-electron chi connectivity index (χ0n) is 16.9. The van der Waals surface area contributed by atoms with Crippen LogP contribution in [0.1, 0.15) is 25.0 Å². The van der Waals surface area contributed by atoms with Crippen LogP contribution in [0.5, 0.6) is 5.75 Å². The maximum atomic E-state index is 12.7. The van der Waals surface area contributed by atoms with Gasteiger partial charge in [0.1, 0.15) is 5.75 Å². The highest BCUT2D eigenvalue weighted by atomic mass is 16.5. The molecule has 0 spiro atoms. The minimum absolute atomic E-state index is 0.171. The molecule has 1 aromatic heterocycles. The SMILES string of the molecule is COc1ccc(-c2c(C)nc(Nc3ccc(N4CCCCC4)cc3)[nH]c2=O)cc1. The molecule has 0 bridgehead atoms. The lowest BCUT2D eigenvalue weighted by Crippen LogP contribution is -2.29. The molecule has 0 unspecified atom stereocenters. The lowest BCUT2D eigenvalue weighted by Gasteiger charge is -2.28. The number of anilines is 3. The Morgan fingerprint density at radius 3 is 2.31 bits per heavy atom. The molecule has 1 aliphatic heterocycles. The topological polar surface area (TPSA) is 70.2 Å². The predicted molar refractivity (Wildman–Crippen MR) is 117 cm³/mol. The number of H-pyrrole nitrogens is 1. The third-order valence-electron chi connectivity index (χ3n) is 5.33. The second-order valence-corrected chi connectivity index (χ2v) is 7.32. The molecule has 0 amide bonds. The van der Waals surface area contributed by atoms with E-state index in [1.54, 1.807) is 7.11 Å². The van der Waals surface area contributed by atoms with Crippen LogP contribution in [0.2, 0.25) is 0 Å². The molecule has 1 saturated heterocycles. The van der Waals surface area contributed by atoms with Gasteiger partial charge in [0.25, 0.3) is 5.56 Å². The van der Waals surface area contributed by atoms with Crippen molar-refractivity contribution in [1.29, 1.82) is 0 Å². The maximum absolute atomic E-state index is 12.7. The fourth-order valence-electron chi connectivity index (χ4n) is 3.79. The smallest absolute Gasteiger partial charge is 0.260 e. The van der Waals surface area contributed by atoms with E-state index in [9.17, 15) is 4.79 Å². The van der Waals surface area contributed by atoms with Crippen LogP contribution >= 0.6 is 0 Å². The van der Waals surface area contributed by atoms with Gasteiger partial charge in [-0.25, -0.2) is 4.98 Å². The zero-order valence-corrected chi connectivity index (χ0v) is 16.9. The average molecular weight is 390 g/mol. The maximum Gasteiger partial charge on any atom is 0.260 e. The fraction of sp³-hybridized carbons (Fsp3) is 0.304. The minimum Gasteiger partial charge on any atom is -0.497 e. The van der Waals surface area contributed by atoms with Crippen molar-refractivity contribution in [1.82, 2.24) is 9.97 Å². The molecule has 6 nitrogen and oxygen atoms in total. The van der Waals surface area contributed by atoms with E-state index in [-0.39, 0.29) is 5.56 Å². The standard InChI is InChI=1S/C23H26N4O2/c1-16-21(17-6-12-20(29-2)13-7-17)22(28)26-23(24-16)25-18-8-10-19(11-9-18)27-14-4-3-5-15-27/h6-13H,3-5,14-15H2,1-2H3,(H2,24,25,26,28). The van der Waals surface area contributed by atoms with Crippen LogP contribution in [0.25, 0.3) is 11.1 Å². The van der Waals surface area contributed by atoms with Crippen LogP contribution in [0.3, 0.4) is 0 Å². The second-order valence-electron chi connectivity index (χ2n) is 7.32. The number of hydrogen-bond donors (Lipinski definition) is 2. The van der Waals surface area contributed by atoms with Gasteiger partial charge in [0.2, 0.25) is 5.95 Å². The summed E-state index contributed by atoms with van der Waals surface area (Å²) in [4.78, 5) is 22.5. The molecule has 0 aliphatic carbocycles. The van der Waals surface area contributed by atoms with Gasteiger partial charge in [0.05, 0.1) is 18.4 Å². The van der Waals surface area contributed by atoms with Crippen molar-refractivity contribution in [3.63, 3.8) is 0 Å². The van der Waals surface area contributed by atoms with Gasteiger partial charge < -0.3 is 15.0 Å². The number of ether oxygens (including phenoxy) is 1. The van der Waals surface area contributed by atoms with Gasteiger partial charge in [0, 0.05) is 24.5 Å². The summed E-state index contributed by atoms with van der Waals surface area (Å²) in [7, 11) is 1.62. The van der Waals surface area contributed by atoms with E-state index >= 15 is 0 Å². The number of benzene rings is 2. The first-order valence-corrected chi connectivity index (χ1v) is 10.0. The Balaban J connectivity index is 1.52. The molecule has 6 heteroatoms. The predicted octanol–water partition coefficient (Wildman–Crippen LogP) is 4.49. The van der Waals surface area contributed by atoms with Crippen molar-refractivity contribution in [2.75, 3.05) is 30.4 Å². The first-order valence-electron chi connectivity index (χ1n) is 10.0. The number of nitrogens with zero attached hydrogens (tertiary/aromatic N) is 2. The number of nitrogens with one attached hydrogen (secondary N) is 2. The monoisotopic (exact) mass is 390 g/mol. The lowest BCUT2D eigenvalue weighted by molar-refractivity contribution is 0.415. The molecule has 0 saturated carbocycles. The van der Waals surface area contributed by atoms with E-state index in [0.717, 1.165) is 30.1 Å². The van der Waals surface area contributed by atoms with Crippen LogP contribution in [0.4, 0.5) is 17.3 Å². The largest absolute Gasteiger partial charge is 0.497 e. The molecule has 2 heterocycles. The number of aryl methyl sites for hydroxylation is 1. The van der Waals surface area contributed by atoms with E-state index in [0.29, 0.717) is 17.2 Å². The molecule has 150 valence electrons. The zero-order chi connectivity index (χ0) is 20.2. The van der Waals surface area contributed by atoms with Crippen molar-refractivity contribution >= 4 is 17.3 Å². The van der Waals surface area contributed by atoms with Crippen molar-refractivity contribution in [3.8, 4) is 16.9 Å². The molecule has 1 aliphatic rings. The summed E-state index contributed by atoms with van der Waals surface area (Å²) in [5.41, 5.74) is 4.02. The van der Waals surface area contributed by atoms with Gasteiger partial charge in [-0.15, -0.1) is 0 Å². The quantitative estimate of drug-likeness (QED) is 0.672. The number of hydrogen-bond acceptors (Lipinski definition) is 5. The summed E-state index contributed by atoms with van der Waals surface area (Å²) in [6.45, 7) is 4.08. The first-order chi connectivity index (χ1) is 14.1. The number of methoxy groups -OCH3 is 1. The number of piperidine rings is 1. The number of aromatic amines is 1. The summed E-state index contributed by atoms with van der Waals surface area (Å²) in [6.07, 6.45) is 3.83. The summed E-state index contributed by atoms with van der Waals surface area (Å²) in [5, 5.41) is 3.21. The fourth-order valence-corrected chi connectivity index (χ4v) is 3.79. The minimum atomic E-state index is -0.171. The van der Waals surface area contributed by atoms with Crippen LogP contribution in [0, 0.1) is 6.92 Å². The first kappa shape index (κ1) is 19.1. The summed E-state index contributed by atoms with van der Waals surface area (Å²) >= 11 is 0. The molecule has 0 radical (unpaired) electrons.